The molecule has 0 saturated carbocycles. The second kappa shape index (κ2) is 7.55. The van der Waals surface area contributed by atoms with E-state index in [2.05, 4.69) is 20.8 Å². The lowest BCUT2D eigenvalue weighted by atomic mass is 9.81. The first-order valence-corrected chi connectivity index (χ1v) is 9.44. The molecule has 0 unspecified atom stereocenters. The van der Waals surface area contributed by atoms with Gasteiger partial charge in [-0.25, -0.2) is 0 Å². The lowest BCUT2D eigenvalue weighted by Crippen LogP contribution is -2.44. The van der Waals surface area contributed by atoms with Crippen LogP contribution < -0.4 is 0 Å². The molecule has 3 rings (SSSR count). The molecule has 2 aromatic rings. The summed E-state index contributed by atoms with van der Waals surface area (Å²) in [5.74, 6) is -1.42. The Bertz CT molecular complexity index is 806. The first-order chi connectivity index (χ1) is 12.8. The van der Waals surface area contributed by atoms with E-state index < -0.39 is 17.9 Å². The number of piperidine rings is 1. The lowest BCUT2D eigenvalue weighted by Gasteiger charge is -2.40. The van der Waals surface area contributed by atoms with E-state index in [0.717, 1.165) is 11.1 Å². The largest absolute Gasteiger partial charge is 0.481 e. The number of rotatable bonds is 4. The number of hydrogen-bond donors (Lipinski definition) is 1. The van der Waals surface area contributed by atoms with Gasteiger partial charge in [0.1, 0.15) is 0 Å². The Hall–Kier alpha value is -2.62. The molecular formula is C23H27NO3. The summed E-state index contributed by atoms with van der Waals surface area (Å²) in [6, 6.07) is 17.4. The highest BCUT2D eigenvalue weighted by Crippen LogP contribution is 2.38. The van der Waals surface area contributed by atoms with Gasteiger partial charge in [-0.05, 0) is 28.5 Å². The normalized spacial score (nSPS) is 20.6. The Labute approximate surface area is 160 Å². The number of carboxylic acid groups (broad SMARTS) is 1. The highest BCUT2D eigenvalue weighted by atomic mass is 16.4. The second-order valence-electron chi connectivity index (χ2n) is 8.31. The molecule has 1 saturated heterocycles. The number of aliphatic carboxylic acids is 1. The van der Waals surface area contributed by atoms with Gasteiger partial charge < -0.3 is 10.0 Å². The molecule has 0 aliphatic carbocycles. The summed E-state index contributed by atoms with van der Waals surface area (Å²) in [7, 11) is 0. The van der Waals surface area contributed by atoms with E-state index >= 15 is 0 Å². The number of likely N-dealkylation sites (tertiary alicyclic amines) is 1. The van der Waals surface area contributed by atoms with Gasteiger partial charge in [-0.1, -0.05) is 75.4 Å². The lowest BCUT2D eigenvalue weighted by molar-refractivity contribution is -0.152. The molecule has 0 spiro atoms. The van der Waals surface area contributed by atoms with Crippen LogP contribution in [0.1, 0.15) is 56.3 Å². The van der Waals surface area contributed by atoms with Crippen molar-refractivity contribution >= 4 is 11.9 Å². The number of amides is 1. The topological polar surface area (TPSA) is 57.6 Å². The zero-order valence-electron chi connectivity index (χ0n) is 16.2. The molecule has 1 amide bonds. The van der Waals surface area contributed by atoms with E-state index in [4.69, 9.17) is 0 Å². The summed E-state index contributed by atoms with van der Waals surface area (Å²) in [5, 5.41) is 9.79. The summed E-state index contributed by atoms with van der Waals surface area (Å²) >= 11 is 0. The summed E-state index contributed by atoms with van der Waals surface area (Å²) in [4.78, 5) is 26.4. The van der Waals surface area contributed by atoms with Gasteiger partial charge in [-0.15, -0.1) is 0 Å². The number of benzene rings is 2. The smallest absolute Gasteiger partial charge is 0.308 e. The average molecular weight is 365 g/mol. The summed E-state index contributed by atoms with van der Waals surface area (Å²) in [6.45, 7) is 6.87. The summed E-state index contributed by atoms with van der Waals surface area (Å²) in [5.41, 5.74) is 3.11. The Morgan fingerprint density at radius 3 is 2.26 bits per heavy atom. The predicted molar refractivity (Wildman–Crippen MR) is 105 cm³/mol. The van der Waals surface area contributed by atoms with Crippen LogP contribution in [0.25, 0.3) is 0 Å². The van der Waals surface area contributed by atoms with Crippen LogP contribution in [0.2, 0.25) is 0 Å². The number of hydrogen-bond acceptors (Lipinski definition) is 2. The molecule has 2 atom stereocenters. The van der Waals surface area contributed by atoms with Gasteiger partial charge in [-0.2, -0.15) is 0 Å². The van der Waals surface area contributed by atoms with Crippen molar-refractivity contribution in [2.45, 2.75) is 51.6 Å². The molecule has 142 valence electrons. The molecule has 0 aromatic heterocycles. The van der Waals surface area contributed by atoms with Crippen molar-refractivity contribution in [2.75, 3.05) is 0 Å². The fraction of sp³-hybridized carbons (Fsp3) is 0.391. The first kappa shape index (κ1) is 19.2. The van der Waals surface area contributed by atoms with Crippen LogP contribution in [0.3, 0.4) is 0 Å². The Kier molecular flexibility index (Phi) is 5.36. The van der Waals surface area contributed by atoms with Gasteiger partial charge >= 0.3 is 5.97 Å². The molecule has 1 heterocycles. The van der Waals surface area contributed by atoms with Crippen LogP contribution in [-0.2, 0) is 21.5 Å². The SMILES string of the molecule is CC(C)(C)c1ccc([C@@H]2[C@H](C(=O)O)CCC(=O)N2Cc2ccccc2)cc1. The highest BCUT2D eigenvalue weighted by Gasteiger charge is 2.40. The molecule has 0 bridgehead atoms. The number of nitrogens with zero attached hydrogens (tertiary/aromatic N) is 1. The molecule has 2 aromatic carbocycles. The van der Waals surface area contributed by atoms with Crippen molar-refractivity contribution < 1.29 is 14.7 Å². The van der Waals surface area contributed by atoms with E-state index in [0.29, 0.717) is 13.0 Å². The van der Waals surface area contributed by atoms with E-state index in [1.54, 1.807) is 4.90 Å². The van der Waals surface area contributed by atoms with Crippen molar-refractivity contribution in [3.63, 3.8) is 0 Å². The molecule has 4 heteroatoms. The van der Waals surface area contributed by atoms with E-state index in [1.807, 2.05) is 54.6 Å². The maximum absolute atomic E-state index is 12.7. The first-order valence-electron chi connectivity index (χ1n) is 9.44. The van der Waals surface area contributed by atoms with Crippen LogP contribution in [0.5, 0.6) is 0 Å². The minimum atomic E-state index is -0.842. The summed E-state index contributed by atoms with van der Waals surface area (Å²) < 4.78 is 0. The van der Waals surface area contributed by atoms with Crippen molar-refractivity contribution in [1.29, 1.82) is 0 Å². The van der Waals surface area contributed by atoms with Crippen LogP contribution in [0.4, 0.5) is 0 Å². The number of carbonyl (C=O) groups excluding carboxylic acids is 1. The molecular weight excluding hydrogens is 338 g/mol. The Morgan fingerprint density at radius 1 is 1.07 bits per heavy atom. The average Bonchev–Trinajstić information content (AvgIpc) is 2.63. The minimum Gasteiger partial charge on any atom is -0.481 e. The van der Waals surface area contributed by atoms with Crippen molar-refractivity contribution in [1.82, 2.24) is 4.90 Å². The monoisotopic (exact) mass is 365 g/mol. The molecule has 0 radical (unpaired) electrons. The van der Waals surface area contributed by atoms with Crippen molar-refractivity contribution in [3.8, 4) is 0 Å². The maximum atomic E-state index is 12.7. The van der Waals surface area contributed by atoms with Crippen LogP contribution in [0, 0.1) is 5.92 Å². The molecule has 1 N–H and O–H groups in total. The van der Waals surface area contributed by atoms with Crippen molar-refractivity contribution in [3.05, 3.63) is 71.3 Å². The molecule has 1 aliphatic rings. The van der Waals surface area contributed by atoms with Crippen LogP contribution in [0.15, 0.2) is 54.6 Å². The van der Waals surface area contributed by atoms with Gasteiger partial charge in [0.05, 0.1) is 12.0 Å². The van der Waals surface area contributed by atoms with E-state index in [-0.39, 0.29) is 17.7 Å². The minimum absolute atomic E-state index is 0.0150. The zero-order valence-corrected chi connectivity index (χ0v) is 16.2. The highest BCUT2D eigenvalue weighted by molar-refractivity contribution is 5.81. The maximum Gasteiger partial charge on any atom is 0.308 e. The summed E-state index contributed by atoms with van der Waals surface area (Å²) in [6.07, 6.45) is 0.658. The van der Waals surface area contributed by atoms with Crippen molar-refractivity contribution in [2.24, 2.45) is 5.92 Å². The third-order valence-corrected chi connectivity index (χ3v) is 5.34. The third-order valence-electron chi connectivity index (χ3n) is 5.34. The van der Waals surface area contributed by atoms with E-state index in [1.165, 1.54) is 5.56 Å². The molecule has 4 nitrogen and oxygen atoms in total. The number of carbonyl (C=O) groups is 2. The fourth-order valence-corrected chi connectivity index (χ4v) is 3.77. The Morgan fingerprint density at radius 2 is 1.70 bits per heavy atom. The second-order valence-corrected chi connectivity index (χ2v) is 8.31. The quantitative estimate of drug-likeness (QED) is 0.865. The van der Waals surface area contributed by atoms with Gasteiger partial charge in [0.25, 0.3) is 0 Å². The van der Waals surface area contributed by atoms with Crippen LogP contribution in [-0.4, -0.2) is 21.9 Å². The zero-order chi connectivity index (χ0) is 19.6. The Balaban J connectivity index is 1.98. The molecule has 1 aliphatic heterocycles. The molecule has 1 fully saturated rings. The fourth-order valence-electron chi connectivity index (χ4n) is 3.77. The van der Waals surface area contributed by atoms with Gasteiger partial charge in [0, 0.05) is 13.0 Å². The van der Waals surface area contributed by atoms with E-state index in [9.17, 15) is 14.7 Å². The third kappa shape index (κ3) is 4.21. The number of carboxylic acids is 1. The standard InChI is InChI=1S/C23H27NO3/c1-23(2,3)18-11-9-17(10-12-18)21-19(22(26)27)13-14-20(25)24(21)15-16-7-5-4-6-8-16/h4-12,19,21H,13-15H2,1-3H3,(H,26,27)/t19-,21-/m1/s1. The van der Waals surface area contributed by atoms with Gasteiger partial charge in [-0.3, -0.25) is 9.59 Å². The van der Waals surface area contributed by atoms with Gasteiger partial charge in [0.15, 0.2) is 0 Å². The van der Waals surface area contributed by atoms with Crippen LogP contribution >= 0.6 is 0 Å². The predicted octanol–water partition coefficient (Wildman–Crippen LogP) is 4.55. The van der Waals surface area contributed by atoms with Gasteiger partial charge in [0.2, 0.25) is 5.91 Å². The molecule has 27 heavy (non-hydrogen) atoms.